The molecule has 7 heteroatoms. The third kappa shape index (κ3) is 2.38. The van der Waals surface area contributed by atoms with Gasteiger partial charge in [-0.1, -0.05) is 6.92 Å². The van der Waals surface area contributed by atoms with Crippen molar-refractivity contribution in [2.75, 3.05) is 6.54 Å². The lowest BCUT2D eigenvalue weighted by Crippen LogP contribution is -2.50. The summed E-state index contributed by atoms with van der Waals surface area (Å²) in [6.45, 7) is 2.41. The summed E-state index contributed by atoms with van der Waals surface area (Å²) >= 11 is 0. The summed E-state index contributed by atoms with van der Waals surface area (Å²) in [6.07, 6.45) is 7.28. The summed E-state index contributed by atoms with van der Waals surface area (Å²) in [5.41, 5.74) is 0. The molecule has 3 rings (SSSR count). The molecule has 1 aromatic heterocycles. The largest absolute Gasteiger partial charge is 0.339 e. The van der Waals surface area contributed by atoms with Crippen molar-refractivity contribution in [3.8, 4) is 0 Å². The molecule has 2 aliphatic rings. The number of fused-ring (bicyclic) bond motifs is 2. The van der Waals surface area contributed by atoms with E-state index in [2.05, 4.69) is 10.3 Å². The van der Waals surface area contributed by atoms with Crippen LogP contribution in [0.25, 0.3) is 0 Å². The minimum absolute atomic E-state index is 0.103. The van der Waals surface area contributed by atoms with Crippen LogP contribution in [0, 0.1) is 0 Å². The smallest absolute Gasteiger partial charge is 0.262 e. The number of piperidine rings is 1. The van der Waals surface area contributed by atoms with Crippen molar-refractivity contribution < 1.29 is 8.42 Å². The van der Waals surface area contributed by atoms with Crippen molar-refractivity contribution >= 4 is 10.0 Å². The van der Waals surface area contributed by atoms with Crippen LogP contribution in [0.1, 0.15) is 32.6 Å². The number of hydrogen-bond acceptors (Lipinski definition) is 4. The summed E-state index contributed by atoms with van der Waals surface area (Å²) < 4.78 is 28.8. The number of hydrogen-bond donors (Lipinski definition) is 1. The number of imidazole rings is 1. The lowest BCUT2D eigenvalue weighted by atomic mass is 10.00. The number of rotatable bonds is 4. The first-order valence-corrected chi connectivity index (χ1v) is 8.70. The summed E-state index contributed by atoms with van der Waals surface area (Å²) in [4.78, 5) is 4.02. The maximum Gasteiger partial charge on any atom is 0.262 e. The summed E-state index contributed by atoms with van der Waals surface area (Å²) in [5, 5.41) is 3.71. The monoisotopic (exact) mass is 298 g/mol. The molecule has 2 fully saturated rings. The second-order valence-electron chi connectivity index (χ2n) is 5.85. The number of nitrogens with one attached hydrogen (secondary N) is 1. The molecule has 0 saturated carbocycles. The third-order valence-corrected chi connectivity index (χ3v) is 6.33. The van der Waals surface area contributed by atoms with Crippen LogP contribution in [-0.2, 0) is 17.1 Å². The molecule has 3 heterocycles. The zero-order chi connectivity index (χ0) is 14.3. The lowest BCUT2D eigenvalue weighted by molar-refractivity contribution is 0.232. The van der Waals surface area contributed by atoms with Crippen molar-refractivity contribution in [3.05, 3.63) is 12.5 Å². The Labute approximate surface area is 120 Å². The van der Waals surface area contributed by atoms with E-state index < -0.39 is 10.0 Å². The molecule has 1 N–H and O–H groups in total. The molecule has 0 aromatic carbocycles. The van der Waals surface area contributed by atoms with Crippen LogP contribution in [-0.4, -0.2) is 46.9 Å². The van der Waals surface area contributed by atoms with Gasteiger partial charge in [-0.15, -0.1) is 0 Å². The van der Waals surface area contributed by atoms with Gasteiger partial charge in [0, 0.05) is 37.9 Å². The maximum absolute atomic E-state index is 12.7. The number of nitrogens with zero attached hydrogens (tertiary/aromatic N) is 3. The van der Waals surface area contributed by atoms with Gasteiger partial charge in [-0.2, -0.15) is 4.31 Å². The van der Waals surface area contributed by atoms with Gasteiger partial charge >= 0.3 is 0 Å². The average Bonchev–Trinajstić information content (AvgIpc) is 2.97. The van der Waals surface area contributed by atoms with Crippen LogP contribution in [0.5, 0.6) is 0 Å². The highest BCUT2D eigenvalue weighted by Crippen LogP contribution is 2.32. The summed E-state index contributed by atoms with van der Waals surface area (Å²) in [7, 11) is -1.69. The van der Waals surface area contributed by atoms with E-state index in [1.165, 1.54) is 19.2 Å². The molecule has 2 aliphatic heterocycles. The van der Waals surface area contributed by atoms with Crippen LogP contribution in [0.2, 0.25) is 0 Å². The van der Waals surface area contributed by atoms with Gasteiger partial charge in [0.15, 0.2) is 5.03 Å². The molecule has 0 aliphatic carbocycles. The minimum Gasteiger partial charge on any atom is -0.339 e. The van der Waals surface area contributed by atoms with Crippen LogP contribution >= 0.6 is 0 Å². The van der Waals surface area contributed by atoms with Gasteiger partial charge in [0.25, 0.3) is 10.0 Å². The molecule has 2 bridgehead atoms. The van der Waals surface area contributed by atoms with Gasteiger partial charge in [-0.05, 0) is 25.7 Å². The van der Waals surface area contributed by atoms with Crippen LogP contribution in [0.3, 0.4) is 0 Å². The SMILES string of the molecule is CCN(C1CC2CCC(C1)N2)S(=O)(=O)c1cn(C)cn1. The molecule has 0 spiro atoms. The van der Waals surface area contributed by atoms with E-state index in [1.54, 1.807) is 22.1 Å². The molecule has 20 heavy (non-hydrogen) atoms. The van der Waals surface area contributed by atoms with E-state index in [-0.39, 0.29) is 11.1 Å². The van der Waals surface area contributed by atoms with Crippen molar-refractivity contribution in [1.29, 1.82) is 0 Å². The van der Waals surface area contributed by atoms with Gasteiger partial charge in [-0.25, -0.2) is 13.4 Å². The fourth-order valence-electron chi connectivity index (χ4n) is 3.53. The molecule has 2 saturated heterocycles. The highest BCUT2D eigenvalue weighted by Gasteiger charge is 2.40. The molecular weight excluding hydrogens is 276 g/mol. The Hall–Kier alpha value is -0.920. The van der Waals surface area contributed by atoms with Gasteiger partial charge < -0.3 is 9.88 Å². The van der Waals surface area contributed by atoms with Crippen LogP contribution < -0.4 is 5.32 Å². The van der Waals surface area contributed by atoms with Crippen LogP contribution in [0.15, 0.2) is 17.6 Å². The zero-order valence-electron chi connectivity index (χ0n) is 12.0. The molecule has 0 amide bonds. The van der Waals surface area contributed by atoms with Crippen LogP contribution in [0.4, 0.5) is 0 Å². The molecule has 2 atom stereocenters. The topological polar surface area (TPSA) is 67.2 Å². The first-order chi connectivity index (χ1) is 9.50. The molecular formula is C13H22N4O2S. The number of sulfonamides is 1. The van der Waals surface area contributed by atoms with Crippen molar-refractivity contribution in [1.82, 2.24) is 19.2 Å². The maximum atomic E-state index is 12.7. The van der Waals surface area contributed by atoms with Crippen molar-refractivity contribution in [2.24, 2.45) is 7.05 Å². The fraction of sp³-hybridized carbons (Fsp3) is 0.769. The predicted molar refractivity (Wildman–Crippen MR) is 75.7 cm³/mol. The molecule has 112 valence electrons. The first kappa shape index (κ1) is 14.0. The van der Waals surface area contributed by atoms with E-state index in [4.69, 9.17) is 0 Å². The van der Waals surface area contributed by atoms with E-state index >= 15 is 0 Å². The van der Waals surface area contributed by atoms with Crippen molar-refractivity contribution in [3.63, 3.8) is 0 Å². The van der Waals surface area contributed by atoms with E-state index in [0.717, 1.165) is 12.8 Å². The highest BCUT2D eigenvalue weighted by atomic mass is 32.2. The Balaban J connectivity index is 1.86. The van der Waals surface area contributed by atoms with Gasteiger partial charge in [0.2, 0.25) is 0 Å². The fourth-order valence-corrected chi connectivity index (χ4v) is 5.15. The molecule has 6 nitrogen and oxygen atoms in total. The minimum atomic E-state index is -3.48. The van der Waals surface area contributed by atoms with Gasteiger partial charge in [-0.3, -0.25) is 0 Å². The standard InChI is InChI=1S/C13H22N4O2S/c1-3-17(12-6-10-4-5-11(7-12)15-10)20(18,19)13-8-16(2)9-14-13/h8-12,15H,3-7H2,1-2H3. The van der Waals surface area contributed by atoms with E-state index in [0.29, 0.717) is 18.6 Å². The quantitative estimate of drug-likeness (QED) is 0.889. The van der Waals surface area contributed by atoms with Gasteiger partial charge in [0.05, 0.1) is 6.33 Å². The van der Waals surface area contributed by atoms with Crippen molar-refractivity contribution in [2.45, 2.75) is 55.8 Å². The second kappa shape index (κ2) is 5.13. The van der Waals surface area contributed by atoms with Gasteiger partial charge in [0.1, 0.15) is 0 Å². The third-order valence-electron chi connectivity index (χ3n) is 4.42. The molecule has 1 aromatic rings. The lowest BCUT2D eigenvalue weighted by Gasteiger charge is -2.36. The number of aryl methyl sites for hydroxylation is 1. The highest BCUT2D eigenvalue weighted by molar-refractivity contribution is 7.89. The normalized spacial score (nSPS) is 30.1. The van der Waals surface area contributed by atoms with E-state index in [9.17, 15) is 8.42 Å². The molecule has 0 radical (unpaired) electrons. The Bertz CT molecular complexity index is 571. The average molecular weight is 298 g/mol. The Morgan fingerprint density at radius 3 is 2.55 bits per heavy atom. The Morgan fingerprint density at radius 1 is 1.40 bits per heavy atom. The second-order valence-corrected chi connectivity index (χ2v) is 7.69. The summed E-state index contributed by atoms with van der Waals surface area (Å²) in [6, 6.07) is 1.06. The zero-order valence-corrected chi connectivity index (χ0v) is 12.8. The Morgan fingerprint density at radius 2 is 2.05 bits per heavy atom. The molecule has 2 unspecified atom stereocenters. The van der Waals surface area contributed by atoms with E-state index in [1.807, 2.05) is 6.92 Å². The summed E-state index contributed by atoms with van der Waals surface area (Å²) in [5.74, 6) is 0. The number of aromatic nitrogens is 2. The first-order valence-electron chi connectivity index (χ1n) is 7.26. The predicted octanol–water partition coefficient (Wildman–Crippen LogP) is 0.714. The Kier molecular flexibility index (Phi) is 3.60.